The number of ether oxygens (including phenoxy) is 2. The highest BCUT2D eigenvalue weighted by Gasteiger charge is 2.34. The number of rotatable bonds is 8. The molecule has 1 fully saturated rings. The van der Waals surface area contributed by atoms with Crippen molar-refractivity contribution in [3.05, 3.63) is 98.9 Å². The minimum atomic E-state index is -0.483. The number of halogens is 1. The van der Waals surface area contributed by atoms with Crippen LogP contribution in [0.4, 0.5) is 0 Å². The van der Waals surface area contributed by atoms with Crippen molar-refractivity contribution in [2.75, 3.05) is 6.61 Å². The molecule has 4 rings (SSSR count). The van der Waals surface area contributed by atoms with E-state index in [4.69, 9.17) is 33.3 Å². The summed E-state index contributed by atoms with van der Waals surface area (Å²) in [4.78, 5) is 25.9. The first-order valence-corrected chi connectivity index (χ1v) is 12.7. The fourth-order valence-electron chi connectivity index (χ4n) is 3.44. The fourth-order valence-corrected chi connectivity index (χ4v) is 4.81. The minimum absolute atomic E-state index is 0.227. The molecule has 3 aromatic rings. The van der Waals surface area contributed by atoms with Crippen molar-refractivity contribution in [3.8, 4) is 11.5 Å². The molecule has 0 unspecified atom stereocenters. The van der Waals surface area contributed by atoms with Crippen molar-refractivity contribution < 1.29 is 19.1 Å². The number of carbonyl (C=O) groups excluding carboxylic acids is 2. The number of amides is 2. The van der Waals surface area contributed by atoms with Gasteiger partial charge in [-0.15, -0.1) is 0 Å². The molecule has 3 aromatic carbocycles. The van der Waals surface area contributed by atoms with Crippen LogP contribution in [-0.2, 0) is 11.4 Å². The zero-order chi connectivity index (χ0) is 25.7. The number of thioether (sulfide) groups is 1. The van der Waals surface area contributed by atoms with E-state index in [9.17, 15) is 9.59 Å². The quantitative estimate of drug-likeness (QED) is 0.273. The van der Waals surface area contributed by atoms with E-state index in [1.54, 1.807) is 24.3 Å². The van der Waals surface area contributed by atoms with Gasteiger partial charge in [0.1, 0.15) is 6.61 Å². The largest absolute Gasteiger partial charge is 0.490 e. The Kier molecular flexibility index (Phi) is 8.30. The standard InChI is InChI=1S/C27H23ClN2O4S2/c1-3-33-23-13-18(11-12-22(23)34-16-20-8-5-4-7-17(20)2)14-24-26(32)30(27(35)36-24)29-25(31)19-9-6-10-21(28)15-19/h4-15H,3,16H2,1-2H3,(H,29,31)/b24-14-. The van der Waals surface area contributed by atoms with Crippen molar-refractivity contribution in [1.29, 1.82) is 0 Å². The number of benzene rings is 3. The van der Waals surface area contributed by atoms with Crippen LogP contribution < -0.4 is 14.9 Å². The number of thiocarbonyl (C=S) groups is 1. The zero-order valence-electron chi connectivity index (χ0n) is 19.6. The molecule has 1 N–H and O–H groups in total. The minimum Gasteiger partial charge on any atom is -0.490 e. The Labute approximate surface area is 224 Å². The molecule has 1 aliphatic rings. The molecule has 184 valence electrons. The van der Waals surface area contributed by atoms with E-state index in [-0.39, 0.29) is 4.32 Å². The predicted octanol–water partition coefficient (Wildman–Crippen LogP) is 6.17. The van der Waals surface area contributed by atoms with E-state index in [1.807, 2.05) is 56.3 Å². The van der Waals surface area contributed by atoms with Gasteiger partial charge >= 0.3 is 0 Å². The third-order valence-electron chi connectivity index (χ3n) is 5.30. The first kappa shape index (κ1) is 25.8. The van der Waals surface area contributed by atoms with E-state index in [1.165, 1.54) is 6.07 Å². The Bertz CT molecular complexity index is 1360. The maximum Gasteiger partial charge on any atom is 0.285 e. The molecule has 1 saturated heterocycles. The lowest BCUT2D eigenvalue weighted by Crippen LogP contribution is -2.44. The van der Waals surface area contributed by atoms with Gasteiger partial charge in [0.15, 0.2) is 15.8 Å². The van der Waals surface area contributed by atoms with Crippen LogP contribution in [0.2, 0.25) is 5.02 Å². The third-order valence-corrected chi connectivity index (χ3v) is 6.84. The number of hydrogen-bond donors (Lipinski definition) is 1. The van der Waals surface area contributed by atoms with E-state index in [0.717, 1.165) is 33.5 Å². The van der Waals surface area contributed by atoms with Crippen molar-refractivity contribution in [1.82, 2.24) is 10.4 Å². The summed E-state index contributed by atoms with van der Waals surface area (Å²) in [6.07, 6.45) is 1.71. The lowest BCUT2D eigenvalue weighted by Gasteiger charge is -2.15. The maximum absolute atomic E-state index is 13.0. The zero-order valence-corrected chi connectivity index (χ0v) is 22.0. The van der Waals surface area contributed by atoms with Crippen LogP contribution >= 0.6 is 35.6 Å². The van der Waals surface area contributed by atoms with Crippen molar-refractivity contribution in [2.24, 2.45) is 0 Å². The lowest BCUT2D eigenvalue weighted by atomic mass is 10.1. The van der Waals surface area contributed by atoms with Crippen molar-refractivity contribution in [3.63, 3.8) is 0 Å². The topological polar surface area (TPSA) is 67.9 Å². The highest BCUT2D eigenvalue weighted by molar-refractivity contribution is 8.26. The number of carbonyl (C=O) groups is 2. The average Bonchev–Trinajstić information content (AvgIpc) is 3.12. The molecule has 0 bridgehead atoms. The molecule has 0 saturated carbocycles. The Morgan fingerprint density at radius 2 is 1.89 bits per heavy atom. The van der Waals surface area contributed by atoms with E-state index >= 15 is 0 Å². The smallest absolute Gasteiger partial charge is 0.285 e. The van der Waals surface area contributed by atoms with E-state index in [2.05, 4.69) is 5.43 Å². The predicted molar refractivity (Wildman–Crippen MR) is 147 cm³/mol. The summed E-state index contributed by atoms with van der Waals surface area (Å²) in [5.74, 6) is 0.283. The van der Waals surface area contributed by atoms with E-state index < -0.39 is 11.8 Å². The van der Waals surface area contributed by atoms with Crippen LogP contribution in [0, 0.1) is 6.92 Å². The summed E-state index contributed by atoms with van der Waals surface area (Å²) in [5, 5.41) is 1.49. The summed E-state index contributed by atoms with van der Waals surface area (Å²) in [7, 11) is 0. The van der Waals surface area contributed by atoms with Crippen LogP contribution in [0.15, 0.2) is 71.6 Å². The Morgan fingerprint density at radius 3 is 2.64 bits per heavy atom. The molecule has 1 heterocycles. The first-order valence-electron chi connectivity index (χ1n) is 11.1. The summed E-state index contributed by atoms with van der Waals surface area (Å²) in [5.41, 5.74) is 5.86. The molecule has 0 radical (unpaired) electrons. The van der Waals surface area contributed by atoms with Crippen molar-refractivity contribution in [2.45, 2.75) is 20.5 Å². The van der Waals surface area contributed by atoms with Crippen molar-refractivity contribution >= 4 is 57.8 Å². The van der Waals surface area contributed by atoms with Crippen LogP contribution in [0.25, 0.3) is 6.08 Å². The SMILES string of the molecule is CCOc1cc(/C=C2\SC(=S)N(NC(=O)c3cccc(Cl)c3)C2=O)ccc1OCc1ccccc1C. The summed E-state index contributed by atoms with van der Waals surface area (Å²) < 4.78 is 12.0. The van der Waals surface area contributed by atoms with Gasteiger partial charge in [-0.05, 0) is 79.2 Å². The molecule has 0 aliphatic carbocycles. The Balaban J connectivity index is 1.49. The van der Waals surface area contributed by atoms with Crippen LogP contribution in [0.5, 0.6) is 11.5 Å². The second-order valence-corrected chi connectivity index (χ2v) is 9.93. The van der Waals surface area contributed by atoms with Gasteiger partial charge in [-0.3, -0.25) is 15.0 Å². The number of hydrogen-bond acceptors (Lipinski definition) is 6. The van der Waals surface area contributed by atoms with Gasteiger partial charge in [-0.1, -0.05) is 59.8 Å². The lowest BCUT2D eigenvalue weighted by molar-refractivity contribution is -0.123. The van der Waals surface area contributed by atoms with Crippen LogP contribution in [-0.4, -0.2) is 27.8 Å². The third kappa shape index (κ3) is 6.07. The highest BCUT2D eigenvalue weighted by atomic mass is 35.5. The molecule has 1 aliphatic heterocycles. The Hall–Kier alpha value is -3.33. The van der Waals surface area contributed by atoms with Gasteiger partial charge in [-0.25, -0.2) is 0 Å². The van der Waals surface area contributed by atoms with E-state index in [0.29, 0.717) is 40.2 Å². The summed E-state index contributed by atoms with van der Waals surface area (Å²) in [6, 6.07) is 19.9. The molecular weight excluding hydrogens is 516 g/mol. The molecule has 6 nitrogen and oxygen atoms in total. The molecule has 0 spiro atoms. The molecule has 36 heavy (non-hydrogen) atoms. The second kappa shape index (κ2) is 11.6. The molecule has 9 heteroatoms. The Morgan fingerprint density at radius 1 is 1.08 bits per heavy atom. The number of nitrogens with zero attached hydrogens (tertiary/aromatic N) is 1. The number of hydrazine groups is 1. The highest BCUT2D eigenvalue weighted by Crippen LogP contribution is 2.34. The van der Waals surface area contributed by atoms with Gasteiger partial charge < -0.3 is 9.47 Å². The second-order valence-electron chi connectivity index (χ2n) is 7.82. The number of aryl methyl sites for hydroxylation is 1. The average molecular weight is 539 g/mol. The van der Waals surface area contributed by atoms with Crippen LogP contribution in [0.1, 0.15) is 34.0 Å². The number of nitrogens with one attached hydrogen (secondary N) is 1. The molecular formula is C27H23ClN2O4S2. The van der Waals surface area contributed by atoms with Crippen LogP contribution in [0.3, 0.4) is 0 Å². The van der Waals surface area contributed by atoms with Gasteiger partial charge in [0.05, 0.1) is 11.5 Å². The summed E-state index contributed by atoms with van der Waals surface area (Å²) in [6.45, 7) is 4.81. The summed E-state index contributed by atoms with van der Waals surface area (Å²) >= 11 is 12.4. The van der Waals surface area contributed by atoms with Gasteiger partial charge in [0.2, 0.25) is 0 Å². The molecule has 0 aromatic heterocycles. The normalized spacial score (nSPS) is 14.3. The maximum atomic E-state index is 13.0. The molecule has 2 amide bonds. The monoisotopic (exact) mass is 538 g/mol. The first-order chi connectivity index (χ1) is 17.4. The van der Waals surface area contributed by atoms with Gasteiger partial charge in [-0.2, -0.15) is 5.01 Å². The fraction of sp³-hybridized carbons (Fsp3) is 0.148. The van der Waals surface area contributed by atoms with Gasteiger partial charge in [0, 0.05) is 10.6 Å². The molecule has 0 atom stereocenters. The van der Waals surface area contributed by atoms with Gasteiger partial charge in [0.25, 0.3) is 11.8 Å².